The molecule has 4 heteroatoms. The summed E-state index contributed by atoms with van der Waals surface area (Å²) in [6.45, 7) is 5.38. The van der Waals surface area contributed by atoms with Crippen molar-refractivity contribution in [3.05, 3.63) is 23.8 Å². The number of benzene rings is 1. The second-order valence-electron chi connectivity index (χ2n) is 4.07. The first-order valence-electron chi connectivity index (χ1n) is 6.36. The zero-order chi connectivity index (χ0) is 13.4. The van der Waals surface area contributed by atoms with Gasteiger partial charge < -0.3 is 14.6 Å². The monoisotopic (exact) mass is 272 g/mol. The predicted octanol–water partition coefficient (Wildman–Crippen LogP) is 3.54. The zero-order valence-electron chi connectivity index (χ0n) is 11.0. The van der Waals surface area contributed by atoms with Crippen LogP contribution in [-0.4, -0.2) is 24.2 Å². The minimum Gasteiger partial charge on any atom is -0.490 e. The first-order valence-corrected chi connectivity index (χ1v) is 6.89. The highest BCUT2D eigenvalue weighted by atomic mass is 35.5. The van der Waals surface area contributed by atoms with Crippen LogP contribution in [0.1, 0.15) is 38.4 Å². The van der Waals surface area contributed by atoms with E-state index in [-0.39, 0.29) is 5.88 Å². The average Bonchev–Trinajstić information content (AvgIpc) is 2.42. The summed E-state index contributed by atoms with van der Waals surface area (Å²) in [5, 5.41) is 9.72. The van der Waals surface area contributed by atoms with Crippen molar-refractivity contribution >= 4 is 11.6 Å². The number of halogens is 1. The van der Waals surface area contributed by atoms with Gasteiger partial charge in [0.2, 0.25) is 0 Å². The molecule has 0 bridgehead atoms. The Kier molecular flexibility index (Phi) is 6.91. The Bertz CT molecular complexity index is 355. The number of ether oxygens (including phenoxy) is 2. The Morgan fingerprint density at radius 3 is 2.28 bits per heavy atom. The van der Waals surface area contributed by atoms with Gasteiger partial charge in [-0.05, 0) is 30.5 Å². The summed E-state index contributed by atoms with van der Waals surface area (Å²) in [6.07, 6.45) is 1.20. The SMILES string of the molecule is CCCOc1ccc([C@H](O)CCl)cc1OCCC. The maximum Gasteiger partial charge on any atom is 0.161 e. The smallest absolute Gasteiger partial charge is 0.161 e. The van der Waals surface area contributed by atoms with Gasteiger partial charge in [-0.3, -0.25) is 0 Å². The van der Waals surface area contributed by atoms with Crippen molar-refractivity contribution in [3.63, 3.8) is 0 Å². The quantitative estimate of drug-likeness (QED) is 0.736. The Balaban J connectivity index is 2.88. The first-order chi connectivity index (χ1) is 8.72. The van der Waals surface area contributed by atoms with Crippen LogP contribution in [0, 0.1) is 0 Å². The van der Waals surface area contributed by atoms with Crippen LogP contribution in [0.25, 0.3) is 0 Å². The Labute approximate surface area is 114 Å². The fourth-order valence-electron chi connectivity index (χ4n) is 1.48. The third-order valence-electron chi connectivity index (χ3n) is 2.42. The molecule has 0 fully saturated rings. The summed E-state index contributed by atoms with van der Waals surface area (Å²) < 4.78 is 11.3. The van der Waals surface area contributed by atoms with Crippen LogP contribution in [0.3, 0.4) is 0 Å². The van der Waals surface area contributed by atoms with Gasteiger partial charge in [0.25, 0.3) is 0 Å². The van der Waals surface area contributed by atoms with Crippen molar-refractivity contribution in [3.8, 4) is 11.5 Å². The minimum absolute atomic E-state index is 0.169. The fourth-order valence-corrected chi connectivity index (χ4v) is 1.66. The van der Waals surface area contributed by atoms with Crippen molar-refractivity contribution in [2.75, 3.05) is 19.1 Å². The normalized spacial score (nSPS) is 12.2. The van der Waals surface area contributed by atoms with Crippen molar-refractivity contribution in [2.45, 2.75) is 32.8 Å². The lowest BCUT2D eigenvalue weighted by Gasteiger charge is -2.15. The van der Waals surface area contributed by atoms with Gasteiger partial charge in [-0.15, -0.1) is 11.6 Å². The van der Waals surface area contributed by atoms with Crippen LogP contribution in [0.2, 0.25) is 0 Å². The summed E-state index contributed by atoms with van der Waals surface area (Å²) in [5.41, 5.74) is 0.750. The Hall–Kier alpha value is -0.930. The molecular formula is C14H21ClO3. The van der Waals surface area contributed by atoms with E-state index in [0.29, 0.717) is 19.0 Å². The molecule has 1 N–H and O–H groups in total. The van der Waals surface area contributed by atoms with E-state index < -0.39 is 6.10 Å². The van der Waals surface area contributed by atoms with Crippen LogP contribution in [-0.2, 0) is 0 Å². The molecule has 0 amide bonds. The van der Waals surface area contributed by atoms with E-state index >= 15 is 0 Å². The largest absolute Gasteiger partial charge is 0.490 e. The fraction of sp³-hybridized carbons (Fsp3) is 0.571. The van der Waals surface area contributed by atoms with Crippen LogP contribution in [0.15, 0.2) is 18.2 Å². The number of hydrogen-bond donors (Lipinski definition) is 1. The van der Waals surface area contributed by atoms with Crippen molar-refractivity contribution in [2.24, 2.45) is 0 Å². The third kappa shape index (κ3) is 4.39. The molecule has 0 heterocycles. The Morgan fingerprint density at radius 2 is 1.72 bits per heavy atom. The molecule has 0 aliphatic carbocycles. The second-order valence-corrected chi connectivity index (χ2v) is 4.38. The number of alkyl halides is 1. The third-order valence-corrected chi connectivity index (χ3v) is 2.71. The van der Waals surface area contributed by atoms with E-state index in [0.717, 1.165) is 24.2 Å². The highest BCUT2D eigenvalue weighted by Crippen LogP contribution is 2.31. The molecule has 0 aliphatic heterocycles. The van der Waals surface area contributed by atoms with Gasteiger partial charge in [0.1, 0.15) is 0 Å². The molecule has 0 radical (unpaired) electrons. The van der Waals surface area contributed by atoms with Crippen molar-refractivity contribution in [1.29, 1.82) is 0 Å². The van der Waals surface area contributed by atoms with Gasteiger partial charge in [0, 0.05) is 0 Å². The number of aliphatic hydroxyl groups is 1. The van der Waals surface area contributed by atoms with Gasteiger partial charge in [0.15, 0.2) is 11.5 Å². The summed E-state index contributed by atoms with van der Waals surface area (Å²) in [7, 11) is 0. The molecule has 1 aromatic carbocycles. The molecule has 0 saturated heterocycles. The van der Waals surface area contributed by atoms with E-state index in [1.165, 1.54) is 0 Å². The molecule has 18 heavy (non-hydrogen) atoms. The van der Waals surface area contributed by atoms with E-state index in [4.69, 9.17) is 21.1 Å². The van der Waals surface area contributed by atoms with Crippen LogP contribution < -0.4 is 9.47 Å². The standard InChI is InChI=1S/C14H21ClO3/c1-3-7-17-13-6-5-11(12(16)10-15)9-14(13)18-8-4-2/h5-6,9,12,16H,3-4,7-8,10H2,1-2H3/t12-/m1/s1. The molecule has 1 aromatic rings. The van der Waals surface area contributed by atoms with Crippen molar-refractivity contribution < 1.29 is 14.6 Å². The molecular weight excluding hydrogens is 252 g/mol. The molecule has 0 aliphatic rings. The van der Waals surface area contributed by atoms with E-state index in [2.05, 4.69) is 6.92 Å². The number of hydrogen-bond acceptors (Lipinski definition) is 3. The lowest BCUT2D eigenvalue weighted by molar-refractivity contribution is 0.201. The van der Waals surface area contributed by atoms with Gasteiger partial charge in [0.05, 0.1) is 25.2 Å². The second kappa shape index (κ2) is 8.22. The van der Waals surface area contributed by atoms with Crippen molar-refractivity contribution in [1.82, 2.24) is 0 Å². The summed E-state index contributed by atoms with van der Waals surface area (Å²) in [4.78, 5) is 0. The maximum absolute atomic E-state index is 9.72. The molecule has 0 saturated carbocycles. The lowest BCUT2D eigenvalue weighted by atomic mass is 10.1. The van der Waals surface area contributed by atoms with E-state index in [1.54, 1.807) is 6.07 Å². The topological polar surface area (TPSA) is 38.7 Å². The molecule has 1 rings (SSSR count). The molecule has 3 nitrogen and oxygen atoms in total. The van der Waals surface area contributed by atoms with E-state index in [9.17, 15) is 5.11 Å². The van der Waals surface area contributed by atoms with Gasteiger partial charge in [-0.1, -0.05) is 19.9 Å². The van der Waals surface area contributed by atoms with Gasteiger partial charge in [-0.2, -0.15) is 0 Å². The zero-order valence-corrected chi connectivity index (χ0v) is 11.7. The summed E-state index contributed by atoms with van der Waals surface area (Å²) >= 11 is 5.64. The molecule has 0 spiro atoms. The van der Waals surface area contributed by atoms with Gasteiger partial charge >= 0.3 is 0 Å². The number of rotatable bonds is 8. The van der Waals surface area contributed by atoms with Crippen LogP contribution >= 0.6 is 11.6 Å². The minimum atomic E-state index is -0.670. The summed E-state index contributed by atoms with van der Waals surface area (Å²) in [6, 6.07) is 5.44. The van der Waals surface area contributed by atoms with E-state index in [1.807, 2.05) is 19.1 Å². The first kappa shape index (κ1) is 15.1. The van der Waals surface area contributed by atoms with Gasteiger partial charge in [-0.25, -0.2) is 0 Å². The highest BCUT2D eigenvalue weighted by Gasteiger charge is 2.11. The summed E-state index contributed by atoms with van der Waals surface area (Å²) in [5.74, 6) is 1.56. The molecule has 0 unspecified atom stereocenters. The average molecular weight is 273 g/mol. The lowest BCUT2D eigenvalue weighted by Crippen LogP contribution is -2.04. The highest BCUT2D eigenvalue weighted by molar-refractivity contribution is 6.18. The number of aliphatic hydroxyl groups excluding tert-OH is 1. The molecule has 1 atom stereocenters. The molecule has 0 aromatic heterocycles. The Morgan fingerprint density at radius 1 is 1.11 bits per heavy atom. The predicted molar refractivity (Wildman–Crippen MR) is 73.7 cm³/mol. The maximum atomic E-state index is 9.72. The van der Waals surface area contributed by atoms with Crippen LogP contribution in [0.5, 0.6) is 11.5 Å². The van der Waals surface area contributed by atoms with Crippen LogP contribution in [0.4, 0.5) is 0 Å². The molecule has 102 valence electrons.